The lowest BCUT2D eigenvalue weighted by atomic mass is 9.94. The normalized spacial score (nSPS) is 13.0. The molecule has 1 N–H and O–H groups in total. The van der Waals surface area contributed by atoms with Crippen molar-refractivity contribution in [2.75, 3.05) is 13.1 Å². The van der Waals surface area contributed by atoms with Crippen LogP contribution in [0.2, 0.25) is 0 Å². The number of halogens is 6. The molecule has 0 aromatic rings. The molecule has 9 heteroatoms. The monoisotopic (exact) mass is 378 g/mol. The molecular weight excluding hydrogens is 350 g/mol. The molecular formula is C16H28F6N2O. The van der Waals surface area contributed by atoms with Gasteiger partial charge in [-0.25, -0.2) is 4.79 Å². The Bertz CT molecular complexity index is 371. The molecule has 0 aromatic carbocycles. The van der Waals surface area contributed by atoms with E-state index in [1.807, 2.05) is 13.8 Å². The van der Waals surface area contributed by atoms with Crippen LogP contribution < -0.4 is 5.32 Å². The minimum absolute atomic E-state index is 0.138. The van der Waals surface area contributed by atoms with Crippen molar-refractivity contribution in [2.24, 2.45) is 0 Å². The Balaban J connectivity index is 5.35. The van der Waals surface area contributed by atoms with E-state index in [0.717, 1.165) is 37.5 Å². The Morgan fingerprint density at radius 1 is 0.800 bits per heavy atom. The maximum atomic E-state index is 13.2. The van der Waals surface area contributed by atoms with E-state index in [4.69, 9.17) is 0 Å². The molecule has 150 valence electrons. The fourth-order valence-electron chi connectivity index (χ4n) is 2.47. The number of hydrogen-bond acceptors (Lipinski definition) is 1. The first-order chi connectivity index (χ1) is 11.5. The number of nitrogens with one attached hydrogen (secondary N) is 1. The lowest BCUT2D eigenvalue weighted by Gasteiger charge is -2.38. The lowest BCUT2D eigenvalue weighted by Crippen LogP contribution is -2.68. The number of carbonyl (C=O) groups is 1. The summed E-state index contributed by atoms with van der Waals surface area (Å²) in [5.74, 6) is 0. The first-order valence-electron chi connectivity index (χ1n) is 8.67. The van der Waals surface area contributed by atoms with Gasteiger partial charge in [0.2, 0.25) is 5.54 Å². The third kappa shape index (κ3) is 6.58. The zero-order chi connectivity index (χ0) is 19.7. The second kappa shape index (κ2) is 10.1. The molecule has 25 heavy (non-hydrogen) atoms. The number of nitrogens with zero attached hydrogens (tertiary/aromatic N) is 1. The van der Waals surface area contributed by atoms with Gasteiger partial charge in [-0.1, -0.05) is 46.5 Å². The fraction of sp³-hybridized carbons (Fsp3) is 0.938. The maximum Gasteiger partial charge on any atom is 0.420 e. The van der Waals surface area contributed by atoms with E-state index in [0.29, 0.717) is 12.8 Å². The number of rotatable bonds is 10. The predicted molar refractivity (Wildman–Crippen MR) is 84.3 cm³/mol. The van der Waals surface area contributed by atoms with Crippen LogP contribution in [0.4, 0.5) is 31.1 Å². The summed E-state index contributed by atoms with van der Waals surface area (Å²) in [4.78, 5) is 13.3. The first-order valence-corrected chi connectivity index (χ1v) is 8.67. The summed E-state index contributed by atoms with van der Waals surface area (Å²) >= 11 is 0. The van der Waals surface area contributed by atoms with Crippen LogP contribution in [0, 0.1) is 0 Å². The van der Waals surface area contributed by atoms with Crippen LogP contribution >= 0.6 is 0 Å². The summed E-state index contributed by atoms with van der Waals surface area (Å²) in [6.45, 7) is 4.87. The highest BCUT2D eigenvalue weighted by molar-refractivity contribution is 5.75. The van der Waals surface area contributed by atoms with Crippen LogP contribution in [0.5, 0.6) is 0 Å². The van der Waals surface area contributed by atoms with E-state index >= 15 is 0 Å². The summed E-state index contributed by atoms with van der Waals surface area (Å²) in [6, 6.07) is -1.32. The average molecular weight is 378 g/mol. The topological polar surface area (TPSA) is 32.3 Å². The summed E-state index contributed by atoms with van der Waals surface area (Å²) < 4.78 is 78.9. The summed E-state index contributed by atoms with van der Waals surface area (Å²) in [5, 5.41) is 1.25. The Morgan fingerprint density at radius 2 is 1.20 bits per heavy atom. The van der Waals surface area contributed by atoms with Crippen LogP contribution in [-0.2, 0) is 0 Å². The minimum atomic E-state index is -5.63. The zero-order valence-corrected chi connectivity index (χ0v) is 15.0. The van der Waals surface area contributed by atoms with Crippen molar-refractivity contribution in [3.8, 4) is 0 Å². The van der Waals surface area contributed by atoms with E-state index in [2.05, 4.69) is 0 Å². The molecule has 0 saturated carbocycles. The highest BCUT2D eigenvalue weighted by Crippen LogP contribution is 2.45. The predicted octanol–water partition coefficient (Wildman–Crippen LogP) is 5.65. The fourth-order valence-corrected chi connectivity index (χ4v) is 2.47. The van der Waals surface area contributed by atoms with Gasteiger partial charge in [-0.15, -0.1) is 0 Å². The molecule has 0 unspecified atom stereocenters. The molecule has 0 heterocycles. The van der Waals surface area contributed by atoms with Crippen molar-refractivity contribution in [2.45, 2.75) is 83.6 Å². The van der Waals surface area contributed by atoms with Gasteiger partial charge < -0.3 is 10.2 Å². The molecule has 0 aliphatic rings. The van der Waals surface area contributed by atoms with E-state index < -0.39 is 30.3 Å². The van der Waals surface area contributed by atoms with Crippen LogP contribution in [-0.4, -0.2) is 41.9 Å². The molecule has 2 amide bonds. The van der Waals surface area contributed by atoms with E-state index in [-0.39, 0.29) is 13.1 Å². The second-order valence-electron chi connectivity index (χ2n) is 6.09. The summed E-state index contributed by atoms with van der Waals surface area (Å²) in [5.41, 5.74) is -4.23. The van der Waals surface area contributed by atoms with Crippen LogP contribution in [0.3, 0.4) is 0 Å². The van der Waals surface area contributed by atoms with Crippen LogP contribution in [0.15, 0.2) is 0 Å². The molecule has 0 aliphatic heterocycles. The van der Waals surface area contributed by atoms with Gasteiger partial charge in [-0.2, -0.15) is 26.3 Å². The zero-order valence-electron chi connectivity index (χ0n) is 15.0. The molecule has 3 nitrogen and oxygen atoms in total. The van der Waals surface area contributed by atoms with Crippen molar-refractivity contribution in [3.05, 3.63) is 0 Å². The molecule has 0 aliphatic carbocycles. The third-order valence-corrected chi connectivity index (χ3v) is 4.17. The third-order valence-electron chi connectivity index (χ3n) is 4.17. The lowest BCUT2D eigenvalue weighted by molar-refractivity contribution is -0.305. The molecule has 0 radical (unpaired) electrons. The van der Waals surface area contributed by atoms with Crippen molar-refractivity contribution in [1.29, 1.82) is 0 Å². The quantitative estimate of drug-likeness (QED) is 0.387. The van der Waals surface area contributed by atoms with Crippen LogP contribution in [0.25, 0.3) is 0 Å². The molecule has 0 fully saturated rings. The molecule has 0 saturated heterocycles. The van der Waals surface area contributed by atoms with Gasteiger partial charge in [0, 0.05) is 13.1 Å². The number of unbranched alkanes of at least 4 members (excludes halogenated alkanes) is 4. The highest BCUT2D eigenvalue weighted by atomic mass is 19.4. The Kier molecular flexibility index (Phi) is 9.64. The number of hydrogen-bond donors (Lipinski definition) is 1. The molecule has 0 atom stereocenters. The molecule has 0 bridgehead atoms. The minimum Gasteiger partial charge on any atom is -0.325 e. The van der Waals surface area contributed by atoms with Crippen molar-refractivity contribution in [3.63, 3.8) is 0 Å². The van der Waals surface area contributed by atoms with Gasteiger partial charge >= 0.3 is 18.4 Å². The summed E-state index contributed by atoms with van der Waals surface area (Å²) in [7, 11) is 0. The van der Waals surface area contributed by atoms with Gasteiger partial charge in [-0.05, 0) is 19.3 Å². The smallest absolute Gasteiger partial charge is 0.325 e. The highest BCUT2D eigenvalue weighted by Gasteiger charge is 2.70. The first kappa shape index (κ1) is 23.9. The molecule has 0 spiro atoms. The number of urea groups is 1. The number of alkyl halides is 6. The Hall–Kier alpha value is -1.15. The van der Waals surface area contributed by atoms with E-state index in [1.54, 1.807) is 0 Å². The Morgan fingerprint density at radius 3 is 1.48 bits per heavy atom. The van der Waals surface area contributed by atoms with Gasteiger partial charge in [0.1, 0.15) is 0 Å². The number of carbonyl (C=O) groups excluding carboxylic acids is 1. The van der Waals surface area contributed by atoms with E-state index in [1.165, 1.54) is 5.32 Å². The van der Waals surface area contributed by atoms with Crippen molar-refractivity contribution < 1.29 is 31.1 Å². The van der Waals surface area contributed by atoms with Gasteiger partial charge in [0.25, 0.3) is 0 Å². The second-order valence-corrected chi connectivity index (χ2v) is 6.09. The van der Waals surface area contributed by atoms with Gasteiger partial charge in [0.15, 0.2) is 0 Å². The summed E-state index contributed by atoms with van der Waals surface area (Å²) in [6.07, 6.45) is -8.36. The standard InChI is InChI=1S/C16H28F6N2O/c1-4-7-9-11-24(12-10-8-5-2)13(25)23-14(6-3,15(17,18)19)16(20,21)22/h4-12H2,1-3H3,(H,23,25). The Labute approximate surface area is 145 Å². The van der Waals surface area contributed by atoms with Gasteiger partial charge in [0.05, 0.1) is 0 Å². The van der Waals surface area contributed by atoms with Crippen LogP contribution in [0.1, 0.15) is 65.7 Å². The van der Waals surface area contributed by atoms with Gasteiger partial charge in [-0.3, -0.25) is 0 Å². The molecule has 0 rings (SSSR count). The van der Waals surface area contributed by atoms with Crippen molar-refractivity contribution >= 4 is 6.03 Å². The van der Waals surface area contributed by atoms with E-state index in [9.17, 15) is 31.1 Å². The maximum absolute atomic E-state index is 13.2. The molecule has 0 aromatic heterocycles. The van der Waals surface area contributed by atoms with Crippen molar-refractivity contribution in [1.82, 2.24) is 10.2 Å². The largest absolute Gasteiger partial charge is 0.420 e. The average Bonchev–Trinajstić information content (AvgIpc) is 2.48. The number of amides is 2. The SMILES string of the molecule is CCCCCN(CCCCC)C(=O)NC(CC)(C(F)(F)F)C(F)(F)F.